The first kappa shape index (κ1) is 26.6. The highest BCUT2D eigenvalue weighted by molar-refractivity contribution is 5.39. The highest BCUT2D eigenvalue weighted by atomic mass is 16.5. The van der Waals surface area contributed by atoms with Crippen LogP contribution in [-0.4, -0.2) is 88.7 Å². The summed E-state index contributed by atoms with van der Waals surface area (Å²) in [5.41, 5.74) is 1.03. The number of aliphatic hydroxyl groups excluding tert-OH is 1. The van der Waals surface area contributed by atoms with E-state index in [1.54, 1.807) is 0 Å². The third kappa shape index (κ3) is 9.07. The second-order valence-electron chi connectivity index (χ2n) is 6.20. The van der Waals surface area contributed by atoms with E-state index in [0.29, 0.717) is 44.9 Å². The fourth-order valence-corrected chi connectivity index (χ4v) is 2.88. The van der Waals surface area contributed by atoms with E-state index in [1.165, 1.54) is 12.7 Å². The minimum absolute atomic E-state index is 0.0152. The lowest BCUT2D eigenvalue weighted by molar-refractivity contribution is 0.0284. The van der Waals surface area contributed by atoms with Crippen molar-refractivity contribution in [2.75, 3.05) is 62.5 Å². The molecule has 1 saturated heterocycles. The van der Waals surface area contributed by atoms with Crippen molar-refractivity contribution in [1.82, 2.24) is 24.9 Å². The molecule has 1 unspecified atom stereocenters. The maximum Gasteiger partial charge on any atom is 0.228 e. The number of hydrogen-bond donors (Lipinski definition) is 1. The molecule has 3 heterocycles. The van der Waals surface area contributed by atoms with Crippen molar-refractivity contribution in [1.29, 1.82) is 0 Å². The van der Waals surface area contributed by atoms with Gasteiger partial charge in [-0.25, -0.2) is 24.9 Å². The molecule has 0 aliphatic carbocycles. The molecule has 2 aromatic rings. The number of nitrogens with zero attached hydrogens (tertiary/aromatic N) is 7. The van der Waals surface area contributed by atoms with Crippen LogP contribution in [0.1, 0.15) is 33.3 Å². The van der Waals surface area contributed by atoms with E-state index >= 15 is 0 Å². The first-order valence-electron chi connectivity index (χ1n) is 11.0. The van der Waals surface area contributed by atoms with Crippen molar-refractivity contribution in [3.8, 4) is 0 Å². The summed E-state index contributed by atoms with van der Waals surface area (Å²) in [6.07, 6.45) is 6.65. The fraction of sp³-hybridized carbons (Fsp3) is 0.667. The smallest absolute Gasteiger partial charge is 0.228 e. The minimum Gasteiger partial charge on any atom is -0.394 e. The van der Waals surface area contributed by atoms with Gasteiger partial charge >= 0.3 is 0 Å². The zero-order valence-electron chi connectivity index (χ0n) is 19.4. The van der Waals surface area contributed by atoms with Gasteiger partial charge in [0.15, 0.2) is 0 Å². The Balaban J connectivity index is 0.00000113. The Morgan fingerprint density at radius 3 is 2.19 bits per heavy atom. The fourth-order valence-electron chi connectivity index (χ4n) is 2.88. The number of aryl methyl sites for hydroxylation is 1. The van der Waals surface area contributed by atoms with Crippen molar-refractivity contribution in [3.63, 3.8) is 0 Å². The second-order valence-corrected chi connectivity index (χ2v) is 6.20. The molecule has 0 spiro atoms. The lowest BCUT2D eigenvalue weighted by atomic mass is 10.2. The van der Waals surface area contributed by atoms with E-state index in [1.807, 2.05) is 47.0 Å². The molecule has 3 rings (SSSR count). The summed E-state index contributed by atoms with van der Waals surface area (Å²) in [4.78, 5) is 25.6. The molecule has 0 saturated carbocycles. The van der Waals surface area contributed by atoms with E-state index < -0.39 is 0 Å². The monoisotopic (exact) mass is 435 g/mol. The maximum absolute atomic E-state index is 8.73. The Morgan fingerprint density at radius 2 is 1.55 bits per heavy atom. The van der Waals surface area contributed by atoms with E-state index in [2.05, 4.69) is 34.7 Å². The zero-order chi connectivity index (χ0) is 22.9. The Kier molecular flexibility index (Phi) is 14.0. The summed E-state index contributed by atoms with van der Waals surface area (Å²) in [5, 5.41) is 8.73. The first-order chi connectivity index (χ1) is 15.3. The molecule has 2 aromatic heterocycles. The van der Waals surface area contributed by atoms with Gasteiger partial charge in [-0.3, -0.25) is 0 Å². The quantitative estimate of drug-likeness (QED) is 0.585. The Morgan fingerprint density at radius 1 is 0.903 bits per heavy atom. The van der Waals surface area contributed by atoms with Gasteiger partial charge in [-0.05, 0) is 12.5 Å². The lowest BCUT2D eigenvalue weighted by Gasteiger charge is -2.41. The van der Waals surface area contributed by atoms with Crippen LogP contribution < -0.4 is 9.80 Å². The van der Waals surface area contributed by atoms with E-state index in [4.69, 9.17) is 14.6 Å². The van der Waals surface area contributed by atoms with Crippen molar-refractivity contribution in [2.24, 2.45) is 0 Å². The third-order valence-corrected chi connectivity index (χ3v) is 4.19. The SMILES string of the molecule is CC.CC.Cc1cnc(N2CCN(c3ncncn3)C(COCCOCCO)C2)nc1. The van der Waals surface area contributed by atoms with Crippen LogP contribution in [0.3, 0.4) is 0 Å². The topological polar surface area (TPSA) is 110 Å². The summed E-state index contributed by atoms with van der Waals surface area (Å²) < 4.78 is 11.0. The summed E-state index contributed by atoms with van der Waals surface area (Å²) in [6, 6.07) is 0.0453. The molecule has 0 aromatic carbocycles. The molecule has 1 N–H and O–H groups in total. The standard InChI is InChI=1S/C17H25N7O3.2C2H6/c1-14-8-19-16(20-9-14)23-2-3-24(17-21-12-18-13-22-17)15(10-23)11-27-7-6-26-5-4-25;2*1-2/h8-9,12-13,15,25H,2-7,10-11H2,1H3;2*1-2H3. The minimum atomic E-state index is 0.0152. The Bertz CT molecular complexity index is 676. The summed E-state index contributed by atoms with van der Waals surface area (Å²) >= 11 is 0. The molecule has 0 radical (unpaired) electrons. The molecule has 31 heavy (non-hydrogen) atoms. The third-order valence-electron chi connectivity index (χ3n) is 4.19. The molecule has 1 aliphatic heterocycles. The second kappa shape index (κ2) is 16.3. The average Bonchev–Trinajstić information content (AvgIpc) is 2.85. The lowest BCUT2D eigenvalue weighted by Crippen LogP contribution is -2.56. The van der Waals surface area contributed by atoms with Gasteiger partial charge in [-0.2, -0.15) is 0 Å². The number of aromatic nitrogens is 5. The van der Waals surface area contributed by atoms with E-state index in [-0.39, 0.29) is 12.6 Å². The highest BCUT2D eigenvalue weighted by Crippen LogP contribution is 2.19. The number of piperazine rings is 1. The van der Waals surface area contributed by atoms with Gasteiger partial charge in [-0.1, -0.05) is 27.7 Å². The van der Waals surface area contributed by atoms with Gasteiger partial charge in [0.25, 0.3) is 0 Å². The first-order valence-corrected chi connectivity index (χ1v) is 11.0. The number of ether oxygens (including phenoxy) is 2. The van der Waals surface area contributed by atoms with Gasteiger partial charge in [-0.15, -0.1) is 0 Å². The average molecular weight is 436 g/mol. The molecular formula is C21H37N7O3. The molecule has 1 aliphatic rings. The van der Waals surface area contributed by atoms with Crippen LogP contribution >= 0.6 is 0 Å². The maximum atomic E-state index is 8.73. The van der Waals surface area contributed by atoms with Crippen LogP contribution in [0.5, 0.6) is 0 Å². The molecular weight excluding hydrogens is 398 g/mol. The van der Waals surface area contributed by atoms with E-state index in [9.17, 15) is 0 Å². The van der Waals surface area contributed by atoms with Crippen molar-refractivity contribution < 1.29 is 14.6 Å². The zero-order valence-corrected chi connectivity index (χ0v) is 19.4. The molecule has 0 amide bonds. The summed E-state index contributed by atoms with van der Waals surface area (Å²) in [7, 11) is 0. The predicted molar refractivity (Wildman–Crippen MR) is 121 cm³/mol. The van der Waals surface area contributed by atoms with Gasteiger partial charge in [0.1, 0.15) is 12.7 Å². The van der Waals surface area contributed by atoms with E-state index in [0.717, 1.165) is 18.7 Å². The van der Waals surface area contributed by atoms with Gasteiger partial charge in [0.2, 0.25) is 11.9 Å². The molecule has 10 nitrogen and oxygen atoms in total. The number of hydrogen-bond acceptors (Lipinski definition) is 10. The number of aliphatic hydroxyl groups is 1. The largest absolute Gasteiger partial charge is 0.394 e. The summed E-state index contributed by atoms with van der Waals surface area (Å²) in [6.45, 7) is 13.9. The van der Waals surface area contributed by atoms with Crippen LogP contribution in [0.2, 0.25) is 0 Å². The van der Waals surface area contributed by atoms with Crippen molar-refractivity contribution in [3.05, 3.63) is 30.6 Å². The van der Waals surface area contributed by atoms with Crippen LogP contribution in [0.4, 0.5) is 11.9 Å². The van der Waals surface area contributed by atoms with Gasteiger partial charge in [0, 0.05) is 32.0 Å². The predicted octanol–water partition coefficient (Wildman–Crippen LogP) is 1.74. The molecule has 1 atom stereocenters. The Hall–Kier alpha value is -2.43. The van der Waals surface area contributed by atoms with Crippen molar-refractivity contribution >= 4 is 11.9 Å². The van der Waals surface area contributed by atoms with Crippen LogP contribution in [0.25, 0.3) is 0 Å². The number of anilines is 2. The normalized spacial score (nSPS) is 15.5. The van der Waals surface area contributed by atoms with Crippen LogP contribution in [-0.2, 0) is 9.47 Å². The molecule has 0 bridgehead atoms. The molecule has 174 valence electrons. The number of rotatable bonds is 9. The van der Waals surface area contributed by atoms with Gasteiger partial charge in [0.05, 0.1) is 39.1 Å². The highest BCUT2D eigenvalue weighted by Gasteiger charge is 2.30. The van der Waals surface area contributed by atoms with Gasteiger partial charge < -0.3 is 24.4 Å². The van der Waals surface area contributed by atoms with Crippen LogP contribution in [0.15, 0.2) is 25.0 Å². The summed E-state index contributed by atoms with van der Waals surface area (Å²) in [5.74, 6) is 1.35. The molecule has 10 heteroatoms. The Labute approximate surface area is 185 Å². The van der Waals surface area contributed by atoms with Crippen LogP contribution in [0, 0.1) is 6.92 Å². The molecule has 1 fully saturated rings. The van der Waals surface area contributed by atoms with Crippen molar-refractivity contribution in [2.45, 2.75) is 40.7 Å².